The Morgan fingerprint density at radius 1 is 0.688 bits per heavy atom. The maximum Gasteiger partial charge on any atom is -0.0351 e. The van der Waals surface area contributed by atoms with Gasteiger partial charge in [-0.05, 0) is 19.8 Å². The van der Waals surface area contributed by atoms with Crippen LogP contribution in [0.5, 0.6) is 0 Å². The van der Waals surface area contributed by atoms with E-state index < -0.39 is 0 Å². The molecule has 0 amide bonds. The average Bonchev–Trinajstić information content (AvgIpc) is 2.31. The molecule has 0 aliphatic carbocycles. The molecule has 0 rings (SSSR count). The van der Waals surface area contributed by atoms with Crippen LogP contribution in [0.15, 0.2) is 12.2 Å². The van der Waals surface area contributed by atoms with Crippen molar-refractivity contribution < 1.29 is 0 Å². The van der Waals surface area contributed by atoms with Gasteiger partial charge < -0.3 is 0 Å². The highest BCUT2D eigenvalue weighted by atomic mass is 14.0. The predicted octanol–water partition coefficient (Wildman–Crippen LogP) is 6.08. The minimum Gasteiger partial charge on any atom is -0.0917 e. The van der Waals surface area contributed by atoms with Crippen molar-refractivity contribution in [3.8, 4) is 0 Å². The summed E-state index contributed by atoms with van der Waals surface area (Å²) in [6.45, 7) is 5.98. The fourth-order valence-electron chi connectivity index (χ4n) is 2.02. The van der Waals surface area contributed by atoms with E-state index in [4.69, 9.17) is 0 Å². The first-order valence-electron chi connectivity index (χ1n) is 7.32. The first-order chi connectivity index (χ1) is 7.91. The van der Waals surface area contributed by atoms with E-state index in [1.165, 1.54) is 70.6 Å². The molecule has 0 spiro atoms. The van der Waals surface area contributed by atoms with E-state index >= 15 is 0 Å². The number of allylic oxidation sites excluding steroid dienone is 2. The average molecular weight is 223 g/mol. The molecule has 0 bridgehead atoms. The zero-order chi connectivity index (χ0) is 11.9. The third-order valence-electron chi connectivity index (χ3n) is 3.11. The fourth-order valence-corrected chi connectivity index (χ4v) is 2.02. The van der Waals surface area contributed by atoms with Crippen LogP contribution >= 0.6 is 0 Å². The summed E-state index contributed by atoms with van der Waals surface area (Å²) in [4.78, 5) is 0. The van der Waals surface area contributed by atoms with Crippen LogP contribution in [0, 0.1) is 6.92 Å². The van der Waals surface area contributed by atoms with Gasteiger partial charge in [0.25, 0.3) is 0 Å². The third kappa shape index (κ3) is 13.7. The van der Waals surface area contributed by atoms with Crippen molar-refractivity contribution in [3.63, 3.8) is 0 Å². The highest BCUT2D eigenvalue weighted by Gasteiger charge is 1.92. The van der Waals surface area contributed by atoms with Crippen molar-refractivity contribution in [1.82, 2.24) is 0 Å². The summed E-state index contributed by atoms with van der Waals surface area (Å²) in [5.74, 6) is 0. The predicted molar refractivity (Wildman–Crippen MR) is 75.6 cm³/mol. The van der Waals surface area contributed by atoms with Crippen LogP contribution in [-0.4, -0.2) is 0 Å². The van der Waals surface area contributed by atoms with Crippen LogP contribution in [0.1, 0.15) is 84.0 Å². The van der Waals surface area contributed by atoms with Crippen molar-refractivity contribution in [2.45, 2.75) is 84.0 Å². The Labute approximate surface area is 104 Å². The zero-order valence-electron chi connectivity index (χ0n) is 11.3. The van der Waals surface area contributed by atoms with E-state index in [1.54, 1.807) is 0 Å². The lowest BCUT2D eigenvalue weighted by Gasteiger charge is -2.01. The van der Waals surface area contributed by atoms with E-state index in [9.17, 15) is 0 Å². The van der Waals surface area contributed by atoms with Gasteiger partial charge in [0.2, 0.25) is 0 Å². The van der Waals surface area contributed by atoms with Crippen molar-refractivity contribution in [2.75, 3.05) is 0 Å². The summed E-state index contributed by atoms with van der Waals surface area (Å²) in [6, 6.07) is 0. The van der Waals surface area contributed by atoms with Crippen LogP contribution in [0.4, 0.5) is 0 Å². The van der Waals surface area contributed by atoms with Gasteiger partial charge in [0.05, 0.1) is 0 Å². The summed E-state index contributed by atoms with van der Waals surface area (Å²) < 4.78 is 0. The summed E-state index contributed by atoms with van der Waals surface area (Å²) in [6.07, 6.45) is 21.0. The minimum absolute atomic E-state index is 1.12. The molecular formula is C16H31. The van der Waals surface area contributed by atoms with Crippen LogP contribution in [-0.2, 0) is 0 Å². The first-order valence-corrected chi connectivity index (χ1v) is 7.32. The summed E-state index contributed by atoms with van der Waals surface area (Å²) in [7, 11) is 0. The number of hydrogen-bond donors (Lipinski definition) is 0. The second kappa shape index (κ2) is 14.7. The standard InChI is InChI=1S/C16H31/c1-3-5-7-9-11-13-15-16-14-12-10-8-6-4-2/h4,6H,1,3,5,7-16H2,2H3/b6-4+. The van der Waals surface area contributed by atoms with E-state index in [0.717, 1.165) is 6.42 Å². The number of hydrogen-bond acceptors (Lipinski definition) is 0. The molecule has 0 aliphatic rings. The Balaban J connectivity index is 2.88. The van der Waals surface area contributed by atoms with Gasteiger partial charge in [-0.1, -0.05) is 83.3 Å². The Kier molecular flexibility index (Phi) is 14.5. The smallest absolute Gasteiger partial charge is 0.0351 e. The molecule has 0 saturated carbocycles. The molecule has 0 heteroatoms. The van der Waals surface area contributed by atoms with Gasteiger partial charge in [-0.2, -0.15) is 0 Å². The van der Waals surface area contributed by atoms with Gasteiger partial charge in [0.15, 0.2) is 0 Å². The molecule has 0 atom stereocenters. The monoisotopic (exact) mass is 223 g/mol. The molecule has 16 heavy (non-hydrogen) atoms. The fraction of sp³-hybridized carbons (Fsp3) is 0.812. The van der Waals surface area contributed by atoms with Crippen molar-refractivity contribution in [2.24, 2.45) is 0 Å². The molecule has 0 fully saturated rings. The maximum absolute atomic E-state index is 3.87. The van der Waals surface area contributed by atoms with Gasteiger partial charge in [-0.25, -0.2) is 0 Å². The Hall–Kier alpha value is -0.260. The van der Waals surface area contributed by atoms with Gasteiger partial charge in [-0.3, -0.25) is 0 Å². The van der Waals surface area contributed by atoms with Crippen molar-refractivity contribution >= 4 is 0 Å². The van der Waals surface area contributed by atoms with Crippen molar-refractivity contribution in [3.05, 3.63) is 19.1 Å². The van der Waals surface area contributed by atoms with Gasteiger partial charge in [0.1, 0.15) is 0 Å². The summed E-state index contributed by atoms with van der Waals surface area (Å²) >= 11 is 0. The summed E-state index contributed by atoms with van der Waals surface area (Å²) in [5.41, 5.74) is 0. The lowest BCUT2D eigenvalue weighted by Crippen LogP contribution is -1.81. The van der Waals surface area contributed by atoms with E-state index in [2.05, 4.69) is 26.0 Å². The normalized spacial score (nSPS) is 11.4. The maximum atomic E-state index is 3.87. The SMILES string of the molecule is [CH2]CCCCCCCCCCCC/C=C/C. The molecule has 0 unspecified atom stereocenters. The van der Waals surface area contributed by atoms with Crippen LogP contribution in [0.3, 0.4) is 0 Å². The third-order valence-corrected chi connectivity index (χ3v) is 3.11. The molecule has 0 aromatic rings. The summed E-state index contributed by atoms with van der Waals surface area (Å²) in [5, 5.41) is 0. The van der Waals surface area contributed by atoms with E-state index in [1.807, 2.05) is 0 Å². The lowest BCUT2D eigenvalue weighted by atomic mass is 10.1. The number of rotatable bonds is 12. The Morgan fingerprint density at radius 2 is 1.12 bits per heavy atom. The number of unbranched alkanes of at least 4 members (excludes halogenated alkanes) is 11. The Morgan fingerprint density at radius 3 is 1.56 bits per heavy atom. The van der Waals surface area contributed by atoms with Gasteiger partial charge >= 0.3 is 0 Å². The molecular weight excluding hydrogens is 192 g/mol. The second-order valence-electron chi connectivity index (χ2n) is 4.75. The second-order valence-corrected chi connectivity index (χ2v) is 4.75. The quantitative estimate of drug-likeness (QED) is 0.278. The molecule has 0 aromatic heterocycles. The minimum atomic E-state index is 1.12. The molecule has 0 aromatic carbocycles. The zero-order valence-corrected chi connectivity index (χ0v) is 11.3. The molecule has 0 saturated heterocycles. The van der Waals surface area contributed by atoms with Crippen molar-refractivity contribution in [1.29, 1.82) is 0 Å². The van der Waals surface area contributed by atoms with E-state index in [-0.39, 0.29) is 0 Å². The largest absolute Gasteiger partial charge is 0.0917 e. The molecule has 0 aliphatic heterocycles. The Bertz CT molecular complexity index is 135. The van der Waals surface area contributed by atoms with Crippen LogP contribution in [0.2, 0.25) is 0 Å². The first kappa shape index (κ1) is 15.7. The molecule has 0 heterocycles. The van der Waals surface area contributed by atoms with Gasteiger partial charge in [0, 0.05) is 0 Å². The molecule has 1 radical (unpaired) electrons. The lowest BCUT2D eigenvalue weighted by molar-refractivity contribution is 0.553. The van der Waals surface area contributed by atoms with Crippen LogP contribution < -0.4 is 0 Å². The van der Waals surface area contributed by atoms with E-state index in [0.29, 0.717) is 0 Å². The molecule has 95 valence electrons. The molecule has 0 N–H and O–H groups in total. The topological polar surface area (TPSA) is 0 Å². The molecule has 0 nitrogen and oxygen atoms in total. The van der Waals surface area contributed by atoms with Gasteiger partial charge in [-0.15, -0.1) is 0 Å². The van der Waals surface area contributed by atoms with Crippen LogP contribution in [0.25, 0.3) is 0 Å². The highest BCUT2D eigenvalue weighted by molar-refractivity contribution is 4.76. The highest BCUT2D eigenvalue weighted by Crippen LogP contribution is 2.11.